The number of carbonyl (C=O) groups is 2. The second-order valence-electron chi connectivity index (χ2n) is 1.73. The van der Waals surface area contributed by atoms with Gasteiger partial charge in [-0.3, -0.25) is 0 Å². The zero-order valence-corrected chi connectivity index (χ0v) is 8.96. The van der Waals surface area contributed by atoms with E-state index in [0.29, 0.717) is 0 Å². The lowest BCUT2D eigenvalue weighted by Gasteiger charge is -1.79. The first-order valence-electron chi connectivity index (χ1n) is 3.23. The van der Waals surface area contributed by atoms with Gasteiger partial charge in [-0.05, 0) is 15.9 Å². The molecular formula is C6H9BrN4O4. The lowest BCUT2D eigenvalue weighted by atomic mass is 10.7. The number of nitrogens with two attached hydrogens (primary N) is 2. The Balaban J connectivity index is 0. The summed E-state index contributed by atoms with van der Waals surface area (Å²) < 4.78 is 0.912. The van der Waals surface area contributed by atoms with Gasteiger partial charge < -0.3 is 21.7 Å². The third-order valence-electron chi connectivity index (χ3n) is 0.529. The van der Waals surface area contributed by atoms with Crippen LogP contribution in [0.4, 0.5) is 9.59 Å². The smallest absolute Gasteiger partial charge is 0.402 e. The molecule has 0 bridgehead atoms. The van der Waals surface area contributed by atoms with Gasteiger partial charge in [0.25, 0.3) is 0 Å². The topological polar surface area (TPSA) is 152 Å². The quantitative estimate of drug-likeness (QED) is 0.542. The molecule has 0 unspecified atom stereocenters. The SMILES string of the molecule is Brc1cncnc1.NC(=O)O.NC(=O)O. The number of amides is 2. The van der Waals surface area contributed by atoms with Gasteiger partial charge in [-0.15, -0.1) is 0 Å². The van der Waals surface area contributed by atoms with Crippen molar-refractivity contribution in [1.82, 2.24) is 9.97 Å². The second kappa shape index (κ2) is 10.2. The Labute approximate surface area is 93.1 Å². The Hall–Kier alpha value is -1.90. The van der Waals surface area contributed by atoms with Crippen molar-refractivity contribution in [1.29, 1.82) is 0 Å². The van der Waals surface area contributed by atoms with Crippen LogP contribution in [0.5, 0.6) is 0 Å². The van der Waals surface area contributed by atoms with E-state index in [9.17, 15) is 0 Å². The van der Waals surface area contributed by atoms with Gasteiger partial charge in [-0.25, -0.2) is 19.6 Å². The molecule has 6 N–H and O–H groups in total. The van der Waals surface area contributed by atoms with Gasteiger partial charge in [0.05, 0.1) is 4.47 Å². The van der Waals surface area contributed by atoms with E-state index in [1.54, 1.807) is 12.4 Å². The lowest BCUT2D eigenvalue weighted by Crippen LogP contribution is -2.03. The van der Waals surface area contributed by atoms with Crippen LogP contribution in [0.2, 0.25) is 0 Å². The highest BCUT2D eigenvalue weighted by Crippen LogP contribution is 2.00. The maximum absolute atomic E-state index is 8.78. The molecule has 1 heterocycles. The number of primary amides is 2. The molecule has 0 spiro atoms. The molecule has 0 aliphatic carbocycles. The zero-order valence-electron chi connectivity index (χ0n) is 7.37. The molecule has 2 amide bonds. The minimum Gasteiger partial charge on any atom is -0.465 e. The van der Waals surface area contributed by atoms with Gasteiger partial charge in [0.2, 0.25) is 0 Å². The molecule has 0 aliphatic heterocycles. The summed E-state index contributed by atoms with van der Waals surface area (Å²) in [6.45, 7) is 0. The van der Waals surface area contributed by atoms with Crippen LogP contribution < -0.4 is 11.5 Å². The van der Waals surface area contributed by atoms with Crippen molar-refractivity contribution in [2.45, 2.75) is 0 Å². The number of aromatic nitrogens is 2. The molecule has 1 aromatic rings. The average Bonchev–Trinajstić information content (AvgIpc) is 2.03. The van der Waals surface area contributed by atoms with Crippen LogP contribution in [-0.2, 0) is 0 Å². The molecule has 8 nitrogen and oxygen atoms in total. The van der Waals surface area contributed by atoms with Gasteiger partial charge in [-0.1, -0.05) is 0 Å². The van der Waals surface area contributed by atoms with Crippen molar-refractivity contribution in [3.05, 3.63) is 23.2 Å². The first-order chi connectivity index (χ1) is 6.86. The van der Waals surface area contributed by atoms with Gasteiger partial charge in [0.1, 0.15) is 6.33 Å². The molecule has 15 heavy (non-hydrogen) atoms. The monoisotopic (exact) mass is 280 g/mol. The van der Waals surface area contributed by atoms with E-state index >= 15 is 0 Å². The number of hydrogen-bond acceptors (Lipinski definition) is 4. The number of halogens is 1. The summed E-state index contributed by atoms with van der Waals surface area (Å²) in [6.07, 6.45) is 2.20. The summed E-state index contributed by atoms with van der Waals surface area (Å²) in [5.41, 5.74) is 8.06. The zero-order chi connectivity index (χ0) is 12.3. The Kier molecular flexibility index (Phi) is 10.6. The fourth-order valence-corrected chi connectivity index (χ4v) is 0.517. The van der Waals surface area contributed by atoms with E-state index in [-0.39, 0.29) is 0 Å². The number of rotatable bonds is 0. The predicted molar refractivity (Wildman–Crippen MR) is 54.2 cm³/mol. The van der Waals surface area contributed by atoms with E-state index in [1.165, 1.54) is 6.33 Å². The van der Waals surface area contributed by atoms with Crippen LogP contribution in [0.3, 0.4) is 0 Å². The Morgan fingerprint density at radius 1 is 1.13 bits per heavy atom. The van der Waals surface area contributed by atoms with E-state index in [2.05, 4.69) is 37.4 Å². The van der Waals surface area contributed by atoms with Crippen molar-refractivity contribution < 1.29 is 19.8 Å². The van der Waals surface area contributed by atoms with Crippen molar-refractivity contribution in [2.24, 2.45) is 11.5 Å². The molecule has 0 saturated carbocycles. The minimum absolute atomic E-state index is 0.912. The third kappa shape index (κ3) is 33.2. The maximum Gasteiger partial charge on any atom is 0.402 e. The summed E-state index contributed by atoms with van der Waals surface area (Å²) in [6, 6.07) is 0. The molecule has 9 heteroatoms. The Bertz CT molecular complexity index is 274. The van der Waals surface area contributed by atoms with E-state index in [1.807, 2.05) is 0 Å². The standard InChI is InChI=1S/C4H3BrN2.2CH3NO2/c5-4-1-6-3-7-2-4;2*2-1(3)4/h1-3H;2*2H2,(H,3,4). The van der Waals surface area contributed by atoms with Crippen LogP contribution in [0, 0.1) is 0 Å². The normalized spacial score (nSPS) is 7.27. The largest absolute Gasteiger partial charge is 0.465 e. The molecule has 1 rings (SSSR count). The average molecular weight is 281 g/mol. The van der Waals surface area contributed by atoms with Crippen molar-refractivity contribution in [2.75, 3.05) is 0 Å². The van der Waals surface area contributed by atoms with Gasteiger partial charge in [0.15, 0.2) is 0 Å². The van der Waals surface area contributed by atoms with Crippen LogP contribution >= 0.6 is 15.9 Å². The summed E-state index contributed by atoms with van der Waals surface area (Å²) in [4.78, 5) is 25.0. The molecular weight excluding hydrogens is 272 g/mol. The molecule has 0 radical (unpaired) electrons. The highest BCUT2D eigenvalue weighted by Gasteiger charge is 1.76. The summed E-state index contributed by atoms with van der Waals surface area (Å²) in [7, 11) is 0. The van der Waals surface area contributed by atoms with E-state index in [0.717, 1.165) is 4.47 Å². The molecule has 0 fully saturated rings. The summed E-state index contributed by atoms with van der Waals surface area (Å²) >= 11 is 3.19. The molecule has 0 aliphatic rings. The number of nitrogens with zero attached hydrogens (tertiary/aromatic N) is 2. The summed E-state index contributed by atoms with van der Waals surface area (Å²) in [5, 5.41) is 14.4. The van der Waals surface area contributed by atoms with Crippen LogP contribution in [0.25, 0.3) is 0 Å². The van der Waals surface area contributed by atoms with E-state index in [4.69, 9.17) is 19.8 Å². The van der Waals surface area contributed by atoms with Crippen molar-refractivity contribution in [3.63, 3.8) is 0 Å². The lowest BCUT2D eigenvalue weighted by molar-refractivity contribution is 0.204. The maximum atomic E-state index is 8.78. The van der Waals surface area contributed by atoms with Gasteiger partial charge in [0, 0.05) is 12.4 Å². The highest BCUT2D eigenvalue weighted by molar-refractivity contribution is 9.10. The van der Waals surface area contributed by atoms with Crippen molar-refractivity contribution in [3.8, 4) is 0 Å². The molecule has 84 valence electrons. The van der Waals surface area contributed by atoms with Crippen molar-refractivity contribution >= 4 is 28.1 Å². The molecule has 0 aromatic carbocycles. The van der Waals surface area contributed by atoms with Crippen LogP contribution in [0.15, 0.2) is 23.2 Å². The predicted octanol–water partition coefficient (Wildman–Crippen LogP) is 0.485. The fourth-order valence-electron chi connectivity index (χ4n) is 0.281. The fraction of sp³-hybridized carbons (Fsp3) is 0. The van der Waals surface area contributed by atoms with Crippen LogP contribution in [-0.4, -0.2) is 32.4 Å². The molecule has 1 aromatic heterocycles. The van der Waals surface area contributed by atoms with Gasteiger partial charge in [-0.2, -0.15) is 0 Å². The number of hydrogen-bond donors (Lipinski definition) is 4. The Morgan fingerprint density at radius 3 is 1.53 bits per heavy atom. The third-order valence-corrected chi connectivity index (χ3v) is 0.939. The number of carboxylic acid groups (broad SMARTS) is 2. The Morgan fingerprint density at radius 2 is 1.40 bits per heavy atom. The first kappa shape index (κ1) is 15.6. The summed E-state index contributed by atoms with van der Waals surface area (Å²) in [5.74, 6) is 0. The minimum atomic E-state index is -1.33. The molecule has 0 atom stereocenters. The first-order valence-corrected chi connectivity index (χ1v) is 4.02. The molecule has 0 saturated heterocycles. The van der Waals surface area contributed by atoms with Gasteiger partial charge >= 0.3 is 12.2 Å². The second-order valence-corrected chi connectivity index (χ2v) is 2.65. The van der Waals surface area contributed by atoms with E-state index < -0.39 is 12.2 Å². The van der Waals surface area contributed by atoms with Crippen LogP contribution in [0.1, 0.15) is 0 Å². The highest BCUT2D eigenvalue weighted by atomic mass is 79.9.